The van der Waals surface area contributed by atoms with Gasteiger partial charge >= 0.3 is 0 Å². The van der Waals surface area contributed by atoms with Crippen LogP contribution in [0, 0.1) is 0 Å². The van der Waals surface area contributed by atoms with Gasteiger partial charge in [0, 0.05) is 11.5 Å². The van der Waals surface area contributed by atoms with E-state index in [-0.39, 0.29) is 0 Å². The van der Waals surface area contributed by atoms with Crippen molar-refractivity contribution < 1.29 is 28.5 Å². The van der Waals surface area contributed by atoms with Gasteiger partial charge in [-0.1, -0.05) is 19.9 Å². The van der Waals surface area contributed by atoms with Crippen LogP contribution in [-0.4, -0.2) is 40.0 Å². The Labute approximate surface area is 164 Å². The Bertz CT molecular complexity index is 944. The fraction of sp³-hybridized carbons (Fsp3) is 0.364. The number of hydrogen-bond donors (Lipinski definition) is 0. The highest BCUT2D eigenvalue weighted by Crippen LogP contribution is 2.49. The molecule has 0 radical (unpaired) electrons. The van der Waals surface area contributed by atoms with Crippen molar-refractivity contribution >= 4 is 11.6 Å². The smallest absolute Gasteiger partial charge is 0.233 e. The van der Waals surface area contributed by atoms with Gasteiger partial charge in [0.15, 0.2) is 11.5 Å². The van der Waals surface area contributed by atoms with Gasteiger partial charge in [0.2, 0.25) is 11.6 Å². The molecule has 0 amide bonds. The van der Waals surface area contributed by atoms with Crippen molar-refractivity contribution in [2.75, 3.05) is 28.4 Å². The van der Waals surface area contributed by atoms with Crippen molar-refractivity contribution in [1.29, 1.82) is 0 Å². The Kier molecular flexibility index (Phi) is 5.06. The van der Waals surface area contributed by atoms with E-state index >= 15 is 0 Å². The van der Waals surface area contributed by atoms with Crippen molar-refractivity contribution in [1.82, 2.24) is 0 Å². The minimum absolute atomic E-state index is 0.301. The molecule has 0 aliphatic heterocycles. The summed E-state index contributed by atoms with van der Waals surface area (Å²) in [5.41, 5.74) is 1.03. The monoisotopic (exact) mass is 384 g/mol. The zero-order valence-corrected chi connectivity index (χ0v) is 16.9. The maximum atomic E-state index is 13.2. The van der Waals surface area contributed by atoms with E-state index in [0.717, 1.165) is 0 Å². The van der Waals surface area contributed by atoms with Crippen molar-refractivity contribution in [3.8, 4) is 23.0 Å². The molecule has 6 heteroatoms. The number of hydrogen-bond acceptors (Lipinski definition) is 6. The van der Waals surface area contributed by atoms with E-state index in [0.29, 0.717) is 39.7 Å². The van der Waals surface area contributed by atoms with E-state index in [9.17, 15) is 9.59 Å². The second kappa shape index (κ2) is 7.19. The highest BCUT2D eigenvalue weighted by Gasteiger charge is 2.49. The van der Waals surface area contributed by atoms with Crippen LogP contribution in [0.4, 0.5) is 0 Å². The summed E-state index contributed by atoms with van der Waals surface area (Å²) in [4.78, 5) is 26.2. The van der Waals surface area contributed by atoms with E-state index in [4.69, 9.17) is 18.9 Å². The molecule has 3 rings (SSSR count). The molecule has 1 aliphatic carbocycles. The third-order valence-corrected chi connectivity index (χ3v) is 5.40. The molecular formula is C22H24O6. The number of ketones is 2. The number of ether oxygens (including phenoxy) is 4. The van der Waals surface area contributed by atoms with E-state index < -0.39 is 22.9 Å². The van der Waals surface area contributed by atoms with E-state index in [1.165, 1.54) is 14.2 Å². The number of benzene rings is 2. The first-order chi connectivity index (χ1) is 13.3. The number of methoxy groups -OCH3 is 4. The quantitative estimate of drug-likeness (QED) is 0.734. The highest BCUT2D eigenvalue weighted by molar-refractivity contribution is 6.47. The minimum atomic E-state index is -0.679. The lowest BCUT2D eigenvalue weighted by Crippen LogP contribution is -2.43. The lowest BCUT2D eigenvalue weighted by Gasteiger charge is -2.39. The maximum absolute atomic E-state index is 13.2. The minimum Gasteiger partial charge on any atom is -0.497 e. The summed E-state index contributed by atoms with van der Waals surface area (Å²) in [5, 5.41) is 0. The van der Waals surface area contributed by atoms with E-state index in [2.05, 4.69) is 0 Å². The van der Waals surface area contributed by atoms with Crippen LogP contribution in [0.1, 0.15) is 41.3 Å². The number of rotatable bonds is 5. The lowest BCUT2D eigenvalue weighted by molar-refractivity contribution is -0.118. The molecule has 0 aromatic heterocycles. The van der Waals surface area contributed by atoms with Crippen LogP contribution >= 0.6 is 0 Å². The molecule has 0 N–H and O–H groups in total. The molecule has 1 aliphatic rings. The van der Waals surface area contributed by atoms with Gasteiger partial charge in [-0.25, -0.2) is 0 Å². The molecule has 0 spiro atoms. The molecule has 1 unspecified atom stereocenters. The molecule has 2 aromatic rings. The number of carbonyl (C=O) groups is 2. The summed E-state index contributed by atoms with van der Waals surface area (Å²) in [5.74, 6) is 0.252. The van der Waals surface area contributed by atoms with Crippen LogP contribution < -0.4 is 18.9 Å². The summed E-state index contributed by atoms with van der Waals surface area (Å²) < 4.78 is 21.4. The Morgan fingerprint density at radius 1 is 0.786 bits per heavy atom. The average Bonchev–Trinajstić information content (AvgIpc) is 2.70. The predicted octanol–water partition coefficient (Wildman–Crippen LogP) is 3.55. The first kappa shape index (κ1) is 19.7. The fourth-order valence-corrected chi connectivity index (χ4v) is 3.95. The van der Waals surface area contributed by atoms with E-state index in [1.807, 2.05) is 13.8 Å². The molecule has 0 saturated heterocycles. The average molecular weight is 384 g/mol. The van der Waals surface area contributed by atoms with Crippen LogP contribution in [0.3, 0.4) is 0 Å². The van der Waals surface area contributed by atoms with Gasteiger partial charge in [-0.15, -0.1) is 0 Å². The lowest BCUT2D eigenvalue weighted by atomic mass is 9.62. The number of carbonyl (C=O) groups excluding carboxylic acids is 2. The van der Waals surface area contributed by atoms with Crippen molar-refractivity contribution in [3.05, 3.63) is 47.0 Å². The largest absolute Gasteiger partial charge is 0.497 e. The van der Waals surface area contributed by atoms with Crippen LogP contribution in [0.15, 0.2) is 30.3 Å². The first-order valence-electron chi connectivity index (χ1n) is 8.87. The molecule has 2 aromatic carbocycles. The summed E-state index contributed by atoms with van der Waals surface area (Å²) in [6.45, 7) is 3.88. The second-order valence-electron chi connectivity index (χ2n) is 7.21. The first-order valence-corrected chi connectivity index (χ1v) is 8.87. The Morgan fingerprint density at radius 3 is 2.00 bits per heavy atom. The van der Waals surface area contributed by atoms with Gasteiger partial charge in [-0.2, -0.15) is 0 Å². The normalized spacial score (nSPS) is 17.7. The number of fused-ring (bicyclic) bond motifs is 1. The van der Waals surface area contributed by atoms with Gasteiger partial charge in [-0.05, 0) is 29.3 Å². The topological polar surface area (TPSA) is 71.1 Å². The molecule has 0 bridgehead atoms. The Hall–Kier alpha value is -3.02. The molecule has 0 saturated carbocycles. The fourth-order valence-electron chi connectivity index (χ4n) is 3.95. The van der Waals surface area contributed by atoms with Crippen molar-refractivity contribution in [2.24, 2.45) is 0 Å². The third kappa shape index (κ3) is 2.89. The summed E-state index contributed by atoms with van der Waals surface area (Å²) in [6.07, 6.45) is 0. The van der Waals surface area contributed by atoms with Crippen molar-refractivity contribution in [3.63, 3.8) is 0 Å². The Morgan fingerprint density at radius 2 is 1.43 bits per heavy atom. The highest BCUT2D eigenvalue weighted by atomic mass is 16.5. The SMILES string of the molecule is COc1cc(OC)c2c(c1)C(C)(C)C(c1ccc(OC)c(OC)c1)C(=O)C2=O. The van der Waals surface area contributed by atoms with Gasteiger partial charge in [0.1, 0.15) is 11.5 Å². The predicted molar refractivity (Wildman–Crippen MR) is 104 cm³/mol. The Balaban J connectivity index is 2.24. The molecule has 148 valence electrons. The third-order valence-electron chi connectivity index (χ3n) is 5.40. The molecule has 6 nitrogen and oxygen atoms in total. The molecule has 1 atom stereocenters. The van der Waals surface area contributed by atoms with Gasteiger partial charge in [0.25, 0.3) is 0 Å². The zero-order valence-electron chi connectivity index (χ0n) is 16.9. The maximum Gasteiger partial charge on any atom is 0.233 e. The van der Waals surface area contributed by atoms with Crippen LogP contribution in [0.2, 0.25) is 0 Å². The standard InChI is InChI=1S/C22H24O6/c1-22(2)14-10-13(25-3)11-17(28-6)18(14)20(23)21(24)19(22)12-7-8-15(26-4)16(9-12)27-5/h7-11,19H,1-6H3. The van der Waals surface area contributed by atoms with E-state index in [1.54, 1.807) is 44.6 Å². The molecular weight excluding hydrogens is 360 g/mol. The van der Waals surface area contributed by atoms with Crippen LogP contribution in [0.25, 0.3) is 0 Å². The van der Waals surface area contributed by atoms with Crippen LogP contribution in [-0.2, 0) is 10.2 Å². The molecule has 0 heterocycles. The van der Waals surface area contributed by atoms with Crippen molar-refractivity contribution in [2.45, 2.75) is 25.2 Å². The van der Waals surface area contributed by atoms with Gasteiger partial charge in [-0.3, -0.25) is 9.59 Å². The molecule has 0 fully saturated rings. The number of Topliss-reactive ketones (excluding diaryl/α,β-unsaturated/α-hetero) is 2. The van der Waals surface area contributed by atoms with Gasteiger partial charge < -0.3 is 18.9 Å². The summed E-state index contributed by atoms with van der Waals surface area (Å²) >= 11 is 0. The van der Waals surface area contributed by atoms with Gasteiger partial charge in [0.05, 0.1) is 39.9 Å². The molecule has 28 heavy (non-hydrogen) atoms. The summed E-state index contributed by atoms with van der Waals surface area (Å²) in [7, 11) is 6.10. The zero-order chi connectivity index (χ0) is 20.6. The second-order valence-corrected chi connectivity index (χ2v) is 7.21. The summed E-state index contributed by atoms with van der Waals surface area (Å²) in [6, 6.07) is 8.70. The van der Waals surface area contributed by atoms with Crippen LogP contribution in [0.5, 0.6) is 23.0 Å².